The van der Waals surface area contributed by atoms with Crippen molar-refractivity contribution in [2.24, 2.45) is 5.41 Å². The summed E-state index contributed by atoms with van der Waals surface area (Å²) in [6, 6.07) is 6.02. The summed E-state index contributed by atoms with van der Waals surface area (Å²) in [7, 11) is 0. The van der Waals surface area contributed by atoms with Gasteiger partial charge in [0, 0.05) is 21.2 Å². The smallest absolute Gasteiger partial charge is 0.318 e. The van der Waals surface area contributed by atoms with E-state index in [4.69, 9.17) is 4.74 Å². The number of carbonyl (C=O) groups excluding carboxylic acids is 1. The predicted octanol–water partition coefficient (Wildman–Crippen LogP) is 5.58. The zero-order valence-electron chi connectivity index (χ0n) is 14.7. The van der Waals surface area contributed by atoms with Gasteiger partial charge in [0.15, 0.2) is 0 Å². The number of benzene rings is 1. The molecule has 1 aromatic rings. The highest BCUT2D eigenvalue weighted by atomic mass is 127. The number of hydrogen-bond acceptors (Lipinski definition) is 3. The van der Waals surface area contributed by atoms with E-state index in [-0.39, 0.29) is 16.8 Å². The van der Waals surface area contributed by atoms with Gasteiger partial charge in [0.1, 0.15) is 5.75 Å². The van der Waals surface area contributed by atoms with Crippen molar-refractivity contribution in [2.45, 2.75) is 58.3 Å². The first-order valence-corrected chi connectivity index (χ1v) is 10.4. The van der Waals surface area contributed by atoms with E-state index in [1.54, 1.807) is 0 Å². The molecule has 1 aliphatic carbocycles. The van der Waals surface area contributed by atoms with Crippen molar-refractivity contribution < 1.29 is 9.53 Å². The van der Waals surface area contributed by atoms with E-state index < -0.39 is 0 Å². The third-order valence-electron chi connectivity index (χ3n) is 5.93. The zero-order chi connectivity index (χ0) is 17.4. The Morgan fingerprint density at radius 2 is 2.12 bits per heavy atom. The Hall–Kier alpha value is -1.04. The molecule has 3 nitrogen and oxygen atoms in total. The number of esters is 1. The summed E-state index contributed by atoms with van der Waals surface area (Å²) < 4.78 is 6.60. The van der Waals surface area contributed by atoms with Crippen LogP contribution in [0.15, 0.2) is 30.0 Å². The molecule has 3 rings (SSSR count). The van der Waals surface area contributed by atoms with E-state index >= 15 is 0 Å². The number of ether oxygens (including phenoxy) is 1. The minimum Gasteiger partial charge on any atom is -0.426 e. The zero-order valence-corrected chi connectivity index (χ0v) is 16.9. The number of alkyl halides is 1. The molecule has 24 heavy (non-hydrogen) atoms. The molecule has 1 heterocycles. The number of rotatable bonds is 5. The molecule has 0 saturated heterocycles. The number of anilines is 1. The second-order valence-electron chi connectivity index (χ2n) is 7.19. The van der Waals surface area contributed by atoms with Crippen LogP contribution >= 0.6 is 22.6 Å². The summed E-state index contributed by atoms with van der Waals surface area (Å²) in [4.78, 5) is 12.7. The first kappa shape index (κ1) is 17.8. The Morgan fingerprint density at radius 1 is 1.38 bits per heavy atom. The van der Waals surface area contributed by atoms with Crippen LogP contribution in [0.2, 0.25) is 0 Å². The predicted molar refractivity (Wildman–Crippen MR) is 107 cm³/mol. The van der Waals surface area contributed by atoms with E-state index in [0.717, 1.165) is 35.8 Å². The van der Waals surface area contributed by atoms with Crippen LogP contribution in [0.5, 0.6) is 5.75 Å². The minimum absolute atomic E-state index is 0.0336. The Bertz CT molecular complexity index is 670. The molecule has 0 saturated carbocycles. The van der Waals surface area contributed by atoms with Gasteiger partial charge in [-0.15, -0.1) is 0 Å². The molecular formula is C20H26INO2. The number of carbonyl (C=O) groups is 1. The molecule has 0 spiro atoms. The Balaban J connectivity index is 1.88. The standard InChI is InChI=1S/C20H26INO2/c1-4-20(5-2,13-21)18(23)24-14-9-10-16-15(12-14)19(3)11-7-6-8-17(19)22-16/h8-10,12,22H,4-7,11,13H2,1-3H3. The molecule has 2 aliphatic rings. The van der Waals surface area contributed by atoms with Gasteiger partial charge >= 0.3 is 5.97 Å². The first-order chi connectivity index (χ1) is 11.5. The summed E-state index contributed by atoms with van der Waals surface area (Å²) in [5.74, 6) is 0.571. The summed E-state index contributed by atoms with van der Waals surface area (Å²) >= 11 is 2.30. The molecule has 0 bridgehead atoms. The lowest BCUT2D eigenvalue weighted by molar-refractivity contribution is -0.144. The topological polar surface area (TPSA) is 38.3 Å². The lowest BCUT2D eigenvalue weighted by atomic mass is 9.74. The van der Waals surface area contributed by atoms with Gasteiger partial charge < -0.3 is 10.1 Å². The van der Waals surface area contributed by atoms with Crippen molar-refractivity contribution >= 4 is 34.2 Å². The third kappa shape index (κ3) is 2.76. The van der Waals surface area contributed by atoms with Crippen LogP contribution < -0.4 is 10.1 Å². The fourth-order valence-corrected chi connectivity index (χ4v) is 5.22. The molecule has 0 radical (unpaired) electrons. The Morgan fingerprint density at radius 3 is 2.79 bits per heavy atom. The van der Waals surface area contributed by atoms with E-state index in [1.165, 1.54) is 17.7 Å². The number of allylic oxidation sites excluding steroid dienone is 2. The van der Waals surface area contributed by atoms with Crippen LogP contribution in [0.25, 0.3) is 0 Å². The number of halogens is 1. The molecular weight excluding hydrogens is 413 g/mol. The van der Waals surface area contributed by atoms with E-state index in [2.05, 4.69) is 60.8 Å². The van der Waals surface area contributed by atoms with Crippen LogP contribution in [0.4, 0.5) is 5.69 Å². The second-order valence-corrected chi connectivity index (χ2v) is 7.95. The highest BCUT2D eigenvalue weighted by Crippen LogP contribution is 2.50. The van der Waals surface area contributed by atoms with Crippen molar-refractivity contribution in [3.63, 3.8) is 0 Å². The van der Waals surface area contributed by atoms with E-state index in [0.29, 0.717) is 5.75 Å². The van der Waals surface area contributed by atoms with Gasteiger partial charge in [-0.3, -0.25) is 4.79 Å². The summed E-state index contributed by atoms with van der Waals surface area (Å²) in [5, 5.41) is 3.54. The van der Waals surface area contributed by atoms with Crippen LogP contribution in [0.3, 0.4) is 0 Å². The molecule has 1 atom stereocenters. The maximum atomic E-state index is 12.7. The van der Waals surface area contributed by atoms with Crippen molar-refractivity contribution in [3.8, 4) is 5.75 Å². The SMILES string of the molecule is CCC(CC)(CI)C(=O)Oc1ccc2c(c1)C1(C)CCCC=C1N2. The van der Waals surface area contributed by atoms with Gasteiger partial charge in [0.25, 0.3) is 0 Å². The highest BCUT2D eigenvalue weighted by molar-refractivity contribution is 14.1. The average Bonchev–Trinajstić information content (AvgIpc) is 2.89. The fourth-order valence-electron chi connectivity index (χ4n) is 3.83. The van der Waals surface area contributed by atoms with Crippen molar-refractivity contribution in [2.75, 3.05) is 9.74 Å². The summed E-state index contributed by atoms with van der Waals surface area (Å²) in [6.07, 6.45) is 7.40. The van der Waals surface area contributed by atoms with E-state index in [1.807, 2.05) is 12.1 Å². The lowest BCUT2D eigenvalue weighted by Crippen LogP contribution is -2.35. The van der Waals surface area contributed by atoms with Crippen LogP contribution in [0.1, 0.15) is 58.4 Å². The van der Waals surface area contributed by atoms with Gasteiger partial charge in [0.2, 0.25) is 0 Å². The van der Waals surface area contributed by atoms with Crippen LogP contribution in [-0.4, -0.2) is 10.4 Å². The molecule has 4 heteroatoms. The molecule has 1 unspecified atom stereocenters. The fraction of sp³-hybridized carbons (Fsp3) is 0.550. The summed E-state index contributed by atoms with van der Waals surface area (Å²) in [6.45, 7) is 6.42. The minimum atomic E-state index is -0.377. The molecule has 1 N–H and O–H groups in total. The Kier molecular flexibility index (Phi) is 4.96. The quantitative estimate of drug-likeness (QED) is 0.282. The molecule has 0 aromatic heterocycles. The maximum absolute atomic E-state index is 12.7. The molecule has 1 aromatic carbocycles. The molecule has 0 amide bonds. The maximum Gasteiger partial charge on any atom is 0.318 e. The Labute approximate surface area is 158 Å². The largest absolute Gasteiger partial charge is 0.426 e. The van der Waals surface area contributed by atoms with Crippen molar-refractivity contribution in [1.29, 1.82) is 0 Å². The molecule has 1 aliphatic heterocycles. The van der Waals surface area contributed by atoms with Crippen molar-refractivity contribution in [1.82, 2.24) is 0 Å². The van der Waals surface area contributed by atoms with Gasteiger partial charge in [-0.1, -0.05) is 42.5 Å². The van der Waals surface area contributed by atoms with Gasteiger partial charge in [-0.05, 0) is 62.8 Å². The number of nitrogens with one attached hydrogen (secondary N) is 1. The molecule has 130 valence electrons. The van der Waals surface area contributed by atoms with Crippen molar-refractivity contribution in [3.05, 3.63) is 35.5 Å². The molecule has 0 fully saturated rings. The van der Waals surface area contributed by atoms with Gasteiger partial charge in [-0.25, -0.2) is 0 Å². The average molecular weight is 439 g/mol. The monoisotopic (exact) mass is 439 g/mol. The van der Waals surface area contributed by atoms with Crippen LogP contribution in [-0.2, 0) is 10.2 Å². The summed E-state index contributed by atoms with van der Waals surface area (Å²) in [5.41, 5.74) is 3.36. The van der Waals surface area contributed by atoms with Gasteiger partial charge in [-0.2, -0.15) is 0 Å². The number of fused-ring (bicyclic) bond motifs is 3. The number of hydrogen-bond donors (Lipinski definition) is 1. The highest BCUT2D eigenvalue weighted by Gasteiger charge is 2.41. The normalized spacial score (nSPS) is 22.2. The lowest BCUT2D eigenvalue weighted by Gasteiger charge is -2.30. The first-order valence-electron chi connectivity index (χ1n) is 8.89. The second kappa shape index (κ2) is 6.70. The third-order valence-corrected chi connectivity index (χ3v) is 7.39. The van der Waals surface area contributed by atoms with E-state index in [9.17, 15) is 4.79 Å². The van der Waals surface area contributed by atoms with Crippen LogP contribution in [0, 0.1) is 5.41 Å². The van der Waals surface area contributed by atoms with Gasteiger partial charge in [0.05, 0.1) is 5.41 Å².